The normalized spacial score (nSPS) is 10.5. The zero-order valence-corrected chi connectivity index (χ0v) is 13.7. The number of carbonyl (C=O) groups excluding carboxylic acids is 1. The molecule has 1 heterocycles. The van der Waals surface area contributed by atoms with Crippen molar-refractivity contribution in [3.63, 3.8) is 0 Å². The predicted molar refractivity (Wildman–Crippen MR) is 95.3 cm³/mol. The number of hydrogen-bond donors (Lipinski definition) is 1. The van der Waals surface area contributed by atoms with Crippen molar-refractivity contribution in [2.24, 2.45) is 0 Å². The predicted octanol–water partition coefficient (Wildman–Crippen LogP) is 3.60. The van der Waals surface area contributed by atoms with E-state index in [1.807, 2.05) is 25.1 Å². The van der Waals surface area contributed by atoms with Gasteiger partial charge in [-0.3, -0.25) is 9.59 Å². The highest BCUT2D eigenvalue weighted by Gasteiger charge is 2.13. The minimum Gasteiger partial charge on any atom is -0.322 e. The lowest BCUT2D eigenvalue weighted by molar-refractivity contribution is 0.102. The Hall–Kier alpha value is -3.21. The van der Waals surface area contributed by atoms with Crippen LogP contribution in [0.5, 0.6) is 0 Å². The summed E-state index contributed by atoms with van der Waals surface area (Å²) in [5.74, 6) is -0.827. The summed E-state index contributed by atoms with van der Waals surface area (Å²) in [6.45, 7) is 2.07. The molecule has 1 aromatic heterocycles. The maximum atomic E-state index is 13.3. The van der Waals surface area contributed by atoms with Gasteiger partial charge in [0.05, 0.1) is 6.54 Å². The van der Waals surface area contributed by atoms with E-state index < -0.39 is 11.5 Å². The van der Waals surface area contributed by atoms with Crippen LogP contribution >= 0.6 is 0 Å². The molecule has 2 aromatic carbocycles. The molecule has 4 nitrogen and oxygen atoms in total. The Balaban J connectivity index is 1.87. The van der Waals surface area contributed by atoms with Gasteiger partial charge >= 0.3 is 0 Å². The van der Waals surface area contributed by atoms with Crippen molar-refractivity contribution in [1.82, 2.24) is 4.57 Å². The van der Waals surface area contributed by atoms with Crippen molar-refractivity contribution in [1.29, 1.82) is 0 Å². The third-order valence-electron chi connectivity index (χ3n) is 3.90. The summed E-state index contributed by atoms with van der Waals surface area (Å²) >= 11 is 0. The summed E-state index contributed by atoms with van der Waals surface area (Å²) in [5.41, 5.74) is 1.85. The molecule has 0 fully saturated rings. The number of pyridine rings is 1. The Bertz CT molecular complexity index is 979. The first-order valence-corrected chi connectivity index (χ1v) is 7.85. The fraction of sp³-hybridized carbons (Fsp3) is 0.100. The van der Waals surface area contributed by atoms with Crippen molar-refractivity contribution < 1.29 is 9.18 Å². The molecule has 3 aromatic rings. The fourth-order valence-electron chi connectivity index (χ4n) is 2.57. The van der Waals surface area contributed by atoms with Gasteiger partial charge in [-0.2, -0.15) is 0 Å². The van der Waals surface area contributed by atoms with Crippen molar-refractivity contribution in [3.05, 3.63) is 99.7 Å². The number of para-hydroxylation sites is 1. The molecule has 0 saturated heterocycles. The maximum absolute atomic E-state index is 13.3. The van der Waals surface area contributed by atoms with Gasteiger partial charge in [-0.25, -0.2) is 4.39 Å². The Labute approximate surface area is 144 Å². The van der Waals surface area contributed by atoms with Gasteiger partial charge in [-0.15, -0.1) is 0 Å². The van der Waals surface area contributed by atoms with Gasteiger partial charge < -0.3 is 9.88 Å². The van der Waals surface area contributed by atoms with Crippen LogP contribution in [0, 0.1) is 12.7 Å². The van der Waals surface area contributed by atoms with Gasteiger partial charge in [-0.1, -0.05) is 30.3 Å². The van der Waals surface area contributed by atoms with Gasteiger partial charge in [0, 0.05) is 11.9 Å². The van der Waals surface area contributed by atoms with Crippen molar-refractivity contribution in [2.75, 3.05) is 5.32 Å². The average Bonchev–Trinajstić information content (AvgIpc) is 2.59. The fourth-order valence-corrected chi connectivity index (χ4v) is 2.57. The van der Waals surface area contributed by atoms with E-state index in [1.165, 1.54) is 22.8 Å². The molecule has 1 N–H and O–H groups in total. The van der Waals surface area contributed by atoms with E-state index in [-0.39, 0.29) is 17.9 Å². The number of anilines is 1. The van der Waals surface area contributed by atoms with Crippen LogP contribution in [0.3, 0.4) is 0 Å². The smallest absolute Gasteiger partial charge is 0.263 e. The van der Waals surface area contributed by atoms with E-state index in [1.54, 1.807) is 30.5 Å². The quantitative estimate of drug-likeness (QED) is 0.791. The number of rotatable bonds is 4. The number of carbonyl (C=O) groups is 1. The second-order valence-electron chi connectivity index (χ2n) is 5.75. The number of nitrogens with zero attached hydrogens (tertiary/aromatic N) is 1. The molecule has 0 bridgehead atoms. The lowest BCUT2D eigenvalue weighted by Gasteiger charge is -2.10. The van der Waals surface area contributed by atoms with Crippen LogP contribution in [0.15, 0.2) is 71.7 Å². The van der Waals surface area contributed by atoms with Gasteiger partial charge in [0.1, 0.15) is 11.4 Å². The molecule has 0 aliphatic heterocycles. The SMILES string of the molecule is Cc1ccccc1NC(=O)c1cccn(Cc2cccc(F)c2)c1=O. The molecule has 3 rings (SSSR count). The van der Waals surface area contributed by atoms with E-state index in [9.17, 15) is 14.0 Å². The van der Waals surface area contributed by atoms with E-state index in [0.717, 1.165) is 5.56 Å². The van der Waals surface area contributed by atoms with E-state index >= 15 is 0 Å². The summed E-state index contributed by atoms with van der Waals surface area (Å²) < 4.78 is 14.7. The average molecular weight is 336 g/mol. The first-order valence-electron chi connectivity index (χ1n) is 7.85. The van der Waals surface area contributed by atoms with Crippen molar-refractivity contribution in [3.8, 4) is 0 Å². The molecule has 5 heteroatoms. The second-order valence-corrected chi connectivity index (χ2v) is 5.75. The van der Waals surface area contributed by atoms with E-state index in [4.69, 9.17) is 0 Å². The number of hydrogen-bond acceptors (Lipinski definition) is 2. The van der Waals surface area contributed by atoms with Crippen LogP contribution in [0.4, 0.5) is 10.1 Å². The molecule has 0 saturated carbocycles. The standard InChI is InChI=1S/C20H17FN2O2/c1-14-6-2-3-10-18(14)22-19(24)17-9-5-11-23(20(17)25)13-15-7-4-8-16(21)12-15/h2-12H,13H2,1H3,(H,22,24). The zero-order valence-electron chi connectivity index (χ0n) is 13.7. The number of benzene rings is 2. The van der Waals surface area contributed by atoms with Gasteiger partial charge in [0.15, 0.2) is 0 Å². The van der Waals surface area contributed by atoms with Gasteiger partial charge in [-0.05, 0) is 48.4 Å². The molecule has 0 aliphatic carbocycles. The Kier molecular flexibility index (Phi) is 4.75. The summed E-state index contributed by atoms with van der Waals surface area (Å²) in [4.78, 5) is 25.0. The molecule has 1 amide bonds. The monoisotopic (exact) mass is 336 g/mol. The summed E-state index contributed by atoms with van der Waals surface area (Å²) in [6.07, 6.45) is 1.58. The molecule has 25 heavy (non-hydrogen) atoms. The third-order valence-corrected chi connectivity index (χ3v) is 3.90. The van der Waals surface area contributed by atoms with Crippen LogP contribution in [0.25, 0.3) is 0 Å². The highest BCUT2D eigenvalue weighted by atomic mass is 19.1. The topological polar surface area (TPSA) is 51.1 Å². The van der Waals surface area contributed by atoms with Crippen molar-refractivity contribution >= 4 is 11.6 Å². The van der Waals surface area contributed by atoms with Crippen LogP contribution in [0.1, 0.15) is 21.5 Å². The Morgan fingerprint density at radius 2 is 1.88 bits per heavy atom. The minimum absolute atomic E-state index is 0.0437. The summed E-state index contributed by atoms with van der Waals surface area (Å²) in [5, 5.41) is 2.76. The highest BCUT2D eigenvalue weighted by molar-refractivity contribution is 6.04. The zero-order chi connectivity index (χ0) is 17.8. The summed E-state index contributed by atoms with van der Waals surface area (Å²) in [7, 11) is 0. The summed E-state index contributed by atoms with van der Waals surface area (Å²) in [6, 6.07) is 16.5. The molecule has 126 valence electrons. The highest BCUT2D eigenvalue weighted by Crippen LogP contribution is 2.14. The first kappa shape index (κ1) is 16.6. The lowest BCUT2D eigenvalue weighted by atomic mass is 10.2. The lowest BCUT2D eigenvalue weighted by Crippen LogP contribution is -2.29. The maximum Gasteiger partial charge on any atom is 0.263 e. The number of halogens is 1. The first-order chi connectivity index (χ1) is 12.0. The molecule has 0 atom stereocenters. The molecular weight excluding hydrogens is 319 g/mol. The molecule has 0 spiro atoms. The largest absolute Gasteiger partial charge is 0.322 e. The number of nitrogens with one attached hydrogen (secondary N) is 1. The molecule has 0 aliphatic rings. The van der Waals surface area contributed by atoms with Crippen LogP contribution in [-0.4, -0.2) is 10.5 Å². The van der Waals surface area contributed by atoms with Crippen LogP contribution < -0.4 is 10.9 Å². The van der Waals surface area contributed by atoms with E-state index in [2.05, 4.69) is 5.32 Å². The number of aryl methyl sites for hydroxylation is 1. The van der Waals surface area contributed by atoms with Crippen molar-refractivity contribution in [2.45, 2.75) is 13.5 Å². The second kappa shape index (κ2) is 7.13. The Morgan fingerprint density at radius 1 is 1.08 bits per heavy atom. The van der Waals surface area contributed by atoms with E-state index in [0.29, 0.717) is 11.3 Å². The van der Waals surface area contributed by atoms with Gasteiger partial charge in [0.2, 0.25) is 0 Å². The molecular formula is C20H17FN2O2. The molecule has 0 radical (unpaired) electrons. The molecule has 0 unspecified atom stereocenters. The van der Waals surface area contributed by atoms with Crippen LogP contribution in [-0.2, 0) is 6.54 Å². The number of amides is 1. The van der Waals surface area contributed by atoms with Crippen LogP contribution in [0.2, 0.25) is 0 Å². The Morgan fingerprint density at radius 3 is 2.64 bits per heavy atom. The minimum atomic E-state index is -0.465. The van der Waals surface area contributed by atoms with Gasteiger partial charge in [0.25, 0.3) is 11.5 Å². The number of aromatic nitrogens is 1. The third kappa shape index (κ3) is 3.83.